The van der Waals surface area contributed by atoms with Crippen molar-refractivity contribution in [3.05, 3.63) is 51.2 Å². The molecule has 0 saturated heterocycles. The van der Waals surface area contributed by atoms with Gasteiger partial charge in [0.1, 0.15) is 0 Å². The highest BCUT2D eigenvalue weighted by atomic mass is 35.5. The molecule has 1 atom stereocenters. The van der Waals surface area contributed by atoms with Gasteiger partial charge in [0, 0.05) is 40.7 Å². The highest BCUT2D eigenvalue weighted by molar-refractivity contribution is 7.09. The maximum atomic E-state index is 11.1. The van der Waals surface area contributed by atoms with E-state index < -0.39 is 0 Å². The lowest BCUT2D eigenvalue weighted by Gasteiger charge is -2.28. The molecule has 0 radical (unpaired) electrons. The zero-order chi connectivity index (χ0) is 13.8. The van der Waals surface area contributed by atoms with Gasteiger partial charge in [-0.05, 0) is 36.6 Å². The third kappa shape index (κ3) is 3.37. The van der Waals surface area contributed by atoms with Crippen LogP contribution in [-0.2, 0) is 6.42 Å². The van der Waals surface area contributed by atoms with E-state index in [1.165, 1.54) is 4.88 Å². The van der Waals surface area contributed by atoms with Crippen LogP contribution in [0.3, 0.4) is 0 Å². The Morgan fingerprint density at radius 2 is 2.21 bits per heavy atom. The summed E-state index contributed by atoms with van der Waals surface area (Å²) in [7, 11) is 2.01. The Morgan fingerprint density at radius 3 is 2.84 bits per heavy atom. The second-order valence-corrected chi connectivity index (χ2v) is 6.03. The number of rotatable bonds is 5. The molecule has 1 heterocycles. The molecule has 0 spiro atoms. The maximum Gasteiger partial charge on any atom is 0.152 e. The van der Waals surface area contributed by atoms with Crippen molar-refractivity contribution >= 4 is 34.9 Å². The molecular formula is C15H16ClNOS. The summed E-state index contributed by atoms with van der Waals surface area (Å²) in [6, 6.07) is 9.94. The van der Waals surface area contributed by atoms with Crippen molar-refractivity contribution in [2.24, 2.45) is 0 Å². The van der Waals surface area contributed by atoms with E-state index in [1.807, 2.05) is 19.2 Å². The van der Waals surface area contributed by atoms with E-state index in [0.29, 0.717) is 16.6 Å². The third-order valence-electron chi connectivity index (χ3n) is 3.23. The van der Waals surface area contributed by atoms with Crippen LogP contribution >= 0.6 is 22.9 Å². The Balaban J connectivity index is 2.18. The molecule has 2 rings (SSSR count). The largest absolute Gasteiger partial charge is 0.371 e. The molecule has 0 aliphatic heterocycles. The molecule has 2 aromatic rings. The van der Waals surface area contributed by atoms with E-state index in [9.17, 15) is 4.79 Å². The molecule has 0 saturated carbocycles. The first-order valence-electron chi connectivity index (χ1n) is 6.11. The molecule has 19 heavy (non-hydrogen) atoms. The lowest BCUT2D eigenvalue weighted by Crippen LogP contribution is -2.31. The average Bonchev–Trinajstić information content (AvgIpc) is 2.90. The first kappa shape index (κ1) is 14.1. The number of carbonyl (C=O) groups is 1. The van der Waals surface area contributed by atoms with Crippen LogP contribution in [0.25, 0.3) is 0 Å². The first-order valence-corrected chi connectivity index (χ1v) is 7.37. The van der Waals surface area contributed by atoms with Crippen molar-refractivity contribution in [1.29, 1.82) is 0 Å². The Hall–Kier alpha value is -1.32. The predicted molar refractivity (Wildman–Crippen MR) is 82.7 cm³/mol. The normalized spacial score (nSPS) is 12.2. The van der Waals surface area contributed by atoms with E-state index >= 15 is 0 Å². The topological polar surface area (TPSA) is 20.3 Å². The van der Waals surface area contributed by atoms with Crippen molar-refractivity contribution in [2.45, 2.75) is 19.4 Å². The number of carbonyl (C=O) groups excluding carboxylic acids is 1. The predicted octanol–water partition coefficient (Wildman–Crippen LogP) is 4.28. The zero-order valence-corrected chi connectivity index (χ0v) is 12.5. The summed E-state index contributed by atoms with van der Waals surface area (Å²) in [5, 5.41) is 2.67. The van der Waals surface area contributed by atoms with Gasteiger partial charge < -0.3 is 4.90 Å². The van der Waals surface area contributed by atoms with Gasteiger partial charge in [-0.25, -0.2) is 0 Å². The fourth-order valence-electron chi connectivity index (χ4n) is 2.04. The van der Waals surface area contributed by atoms with E-state index in [4.69, 9.17) is 11.6 Å². The molecule has 0 bridgehead atoms. The number of hydrogen-bond donors (Lipinski definition) is 0. The number of likely N-dealkylation sites (N-methyl/N-ethyl adjacent to an activating group) is 1. The average molecular weight is 294 g/mol. The first-order chi connectivity index (χ1) is 9.11. The number of hydrogen-bond acceptors (Lipinski definition) is 3. The Labute approximate surface area is 122 Å². The van der Waals surface area contributed by atoms with Gasteiger partial charge in [0.2, 0.25) is 0 Å². The van der Waals surface area contributed by atoms with Crippen molar-refractivity contribution in [2.75, 3.05) is 11.9 Å². The Kier molecular flexibility index (Phi) is 4.61. The summed E-state index contributed by atoms with van der Waals surface area (Å²) < 4.78 is 0. The Morgan fingerprint density at radius 1 is 1.42 bits per heavy atom. The van der Waals surface area contributed by atoms with Crippen LogP contribution in [0, 0.1) is 0 Å². The SMILES string of the molecule is CC(Cc1cccs1)N(C)c1ccc(Cl)cc1C=O. The van der Waals surface area contributed by atoms with Gasteiger partial charge in [-0.3, -0.25) is 4.79 Å². The Bertz CT molecular complexity index is 553. The van der Waals surface area contributed by atoms with Crippen LogP contribution in [0.1, 0.15) is 22.2 Å². The van der Waals surface area contributed by atoms with Crippen molar-refractivity contribution in [1.82, 2.24) is 0 Å². The van der Waals surface area contributed by atoms with Gasteiger partial charge in [0.15, 0.2) is 6.29 Å². The van der Waals surface area contributed by atoms with Crippen molar-refractivity contribution in [3.63, 3.8) is 0 Å². The molecule has 0 fully saturated rings. The summed E-state index contributed by atoms with van der Waals surface area (Å²) in [6.45, 7) is 2.16. The second-order valence-electron chi connectivity index (χ2n) is 4.56. The summed E-state index contributed by atoms with van der Waals surface area (Å²) in [5.74, 6) is 0. The molecule has 0 amide bonds. The van der Waals surface area contributed by atoms with Crippen LogP contribution in [0.5, 0.6) is 0 Å². The van der Waals surface area contributed by atoms with E-state index in [1.54, 1.807) is 17.4 Å². The summed E-state index contributed by atoms with van der Waals surface area (Å²) >= 11 is 7.68. The van der Waals surface area contributed by atoms with Crippen LogP contribution in [0.15, 0.2) is 35.7 Å². The van der Waals surface area contributed by atoms with E-state index in [0.717, 1.165) is 18.4 Å². The molecule has 0 aliphatic rings. The van der Waals surface area contributed by atoms with Crippen LogP contribution in [-0.4, -0.2) is 19.4 Å². The standard InChI is InChI=1S/C15H16ClNOS/c1-11(8-14-4-3-7-19-14)17(2)15-6-5-13(16)9-12(15)10-18/h3-7,9-11H,8H2,1-2H3. The molecule has 2 nitrogen and oxygen atoms in total. The smallest absolute Gasteiger partial charge is 0.152 e. The van der Waals surface area contributed by atoms with Gasteiger partial charge >= 0.3 is 0 Å². The molecular weight excluding hydrogens is 278 g/mol. The van der Waals surface area contributed by atoms with Crippen molar-refractivity contribution < 1.29 is 4.79 Å². The molecule has 4 heteroatoms. The molecule has 0 N–H and O–H groups in total. The highest BCUT2D eigenvalue weighted by Gasteiger charge is 2.14. The summed E-state index contributed by atoms with van der Waals surface area (Å²) in [6.07, 6.45) is 1.82. The van der Waals surface area contributed by atoms with E-state index in [2.05, 4.69) is 29.3 Å². The molecule has 100 valence electrons. The number of halogens is 1. The molecule has 0 aliphatic carbocycles. The summed E-state index contributed by atoms with van der Waals surface area (Å²) in [5.41, 5.74) is 1.55. The number of thiophene rings is 1. The number of benzene rings is 1. The second kappa shape index (κ2) is 6.22. The van der Waals surface area contributed by atoms with Crippen molar-refractivity contribution in [3.8, 4) is 0 Å². The van der Waals surface area contributed by atoms with Crippen LogP contribution in [0.4, 0.5) is 5.69 Å². The molecule has 1 unspecified atom stereocenters. The highest BCUT2D eigenvalue weighted by Crippen LogP contribution is 2.25. The molecule has 1 aromatic carbocycles. The zero-order valence-electron chi connectivity index (χ0n) is 11.0. The minimum atomic E-state index is 0.318. The quantitative estimate of drug-likeness (QED) is 0.767. The van der Waals surface area contributed by atoms with E-state index in [-0.39, 0.29) is 0 Å². The lowest BCUT2D eigenvalue weighted by atomic mass is 10.1. The summed E-state index contributed by atoms with van der Waals surface area (Å²) in [4.78, 5) is 14.6. The molecule has 1 aromatic heterocycles. The monoisotopic (exact) mass is 293 g/mol. The van der Waals surface area contributed by atoms with Gasteiger partial charge in [-0.15, -0.1) is 11.3 Å². The number of nitrogens with zero attached hydrogens (tertiary/aromatic N) is 1. The fraction of sp³-hybridized carbons (Fsp3) is 0.267. The number of aldehydes is 1. The van der Waals surface area contributed by atoms with Gasteiger partial charge in [0.25, 0.3) is 0 Å². The van der Waals surface area contributed by atoms with Gasteiger partial charge in [-0.1, -0.05) is 17.7 Å². The van der Waals surface area contributed by atoms with Crippen LogP contribution in [0.2, 0.25) is 5.02 Å². The lowest BCUT2D eigenvalue weighted by molar-refractivity contribution is 0.112. The minimum Gasteiger partial charge on any atom is -0.371 e. The minimum absolute atomic E-state index is 0.318. The van der Waals surface area contributed by atoms with Gasteiger partial charge in [-0.2, -0.15) is 0 Å². The maximum absolute atomic E-state index is 11.1. The third-order valence-corrected chi connectivity index (χ3v) is 4.37. The number of anilines is 1. The van der Waals surface area contributed by atoms with Crippen LogP contribution < -0.4 is 4.90 Å². The van der Waals surface area contributed by atoms with Gasteiger partial charge in [0.05, 0.1) is 0 Å². The fourth-order valence-corrected chi connectivity index (χ4v) is 3.04.